The Morgan fingerprint density at radius 3 is 2.50 bits per heavy atom. The minimum atomic E-state index is -0.450. The van der Waals surface area contributed by atoms with E-state index in [1.807, 2.05) is 55.5 Å². The smallest absolute Gasteiger partial charge is 0.307 e. The summed E-state index contributed by atoms with van der Waals surface area (Å²) in [6, 6.07) is 18.3. The van der Waals surface area contributed by atoms with Crippen LogP contribution in [0.15, 0.2) is 70.3 Å². The van der Waals surface area contributed by atoms with Crippen LogP contribution in [0.1, 0.15) is 18.5 Å². The SMILES string of the molecule is C[C@H](c1ccccc1)n1c(=O)[nH]c2cc3[nH]nc(-c4ccc5n[nH]nc5c4)c3cc2c1=O. The molecule has 1 atom stereocenters. The summed E-state index contributed by atoms with van der Waals surface area (Å²) in [6.45, 7) is 1.84. The molecule has 32 heavy (non-hydrogen) atoms. The molecule has 156 valence electrons. The van der Waals surface area contributed by atoms with Gasteiger partial charge in [-0.1, -0.05) is 36.4 Å². The van der Waals surface area contributed by atoms with E-state index in [0.717, 1.165) is 33.1 Å². The molecule has 0 amide bonds. The molecule has 0 bridgehead atoms. The number of nitrogens with zero attached hydrogens (tertiary/aromatic N) is 4. The average Bonchev–Trinajstić information content (AvgIpc) is 3.44. The van der Waals surface area contributed by atoms with Gasteiger partial charge in [0.2, 0.25) is 0 Å². The van der Waals surface area contributed by atoms with Crippen molar-refractivity contribution in [2.24, 2.45) is 0 Å². The topological polar surface area (TPSA) is 125 Å². The number of rotatable bonds is 3. The molecule has 3 heterocycles. The number of aromatic nitrogens is 7. The highest BCUT2D eigenvalue weighted by atomic mass is 16.2. The molecule has 9 nitrogen and oxygen atoms in total. The average molecular weight is 423 g/mol. The Bertz CT molecular complexity index is 1740. The molecular weight excluding hydrogens is 406 g/mol. The molecule has 0 aliphatic rings. The first-order valence-electron chi connectivity index (χ1n) is 10.1. The standard InChI is InChI=1S/C23H17N7O2/c1-12(13-5-3-2-4-6-13)30-22(31)16-10-15-19(11-18(16)24-23(30)32)25-28-21(15)14-7-8-17-20(9-14)27-29-26-17/h2-12H,1H3,(H,24,32)(H,25,28)(H,26,27,29)/t12-/m1/s1. The van der Waals surface area contributed by atoms with Crippen LogP contribution in [0.2, 0.25) is 0 Å². The minimum Gasteiger partial charge on any atom is -0.307 e. The molecule has 0 unspecified atom stereocenters. The third kappa shape index (κ3) is 2.68. The van der Waals surface area contributed by atoms with Gasteiger partial charge in [0.15, 0.2) is 0 Å². The Morgan fingerprint density at radius 1 is 0.844 bits per heavy atom. The van der Waals surface area contributed by atoms with E-state index in [4.69, 9.17) is 0 Å². The second kappa shape index (κ2) is 6.74. The predicted octanol–water partition coefficient (Wildman–Crippen LogP) is 3.11. The van der Waals surface area contributed by atoms with Crippen LogP contribution < -0.4 is 11.2 Å². The van der Waals surface area contributed by atoms with Crippen molar-refractivity contribution < 1.29 is 0 Å². The van der Waals surface area contributed by atoms with Crippen molar-refractivity contribution in [1.29, 1.82) is 0 Å². The van der Waals surface area contributed by atoms with Gasteiger partial charge < -0.3 is 4.98 Å². The molecule has 6 rings (SSSR count). The Labute approximate surface area is 179 Å². The zero-order chi connectivity index (χ0) is 21.8. The highest BCUT2D eigenvalue weighted by Gasteiger charge is 2.18. The summed E-state index contributed by atoms with van der Waals surface area (Å²) in [4.78, 5) is 29.1. The predicted molar refractivity (Wildman–Crippen MR) is 122 cm³/mol. The Kier molecular flexibility index (Phi) is 3.85. The van der Waals surface area contributed by atoms with Gasteiger partial charge in [0.1, 0.15) is 16.7 Å². The second-order valence-corrected chi connectivity index (χ2v) is 7.73. The van der Waals surface area contributed by atoms with E-state index in [1.165, 1.54) is 4.57 Å². The molecule has 0 aliphatic carbocycles. The van der Waals surface area contributed by atoms with E-state index in [1.54, 1.807) is 12.1 Å². The Balaban J connectivity index is 1.58. The summed E-state index contributed by atoms with van der Waals surface area (Å²) in [6.07, 6.45) is 0. The van der Waals surface area contributed by atoms with Crippen molar-refractivity contribution in [3.63, 3.8) is 0 Å². The van der Waals surface area contributed by atoms with Crippen LogP contribution in [0, 0.1) is 0 Å². The largest absolute Gasteiger partial charge is 0.329 e. The zero-order valence-corrected chi connectivity index (χ0v) is 17.0. The fraction of sp³-hybridized carbons (Fsp3) is 0.0870. The highest BCUT2D eigenvalue weighted by molar-refractivity contribution is 6.01. The molecular formula is C23H17N7O2. The highest BCUT2D eigenvalue weighted by Crippen LogP contribution is 2.29. The number of hydrogen-bond donors (Lipinski definition) is 3. The van der Waals surface area contributed by atoms with Crippen molar-refractivity contribution in [3.05, 3.63) is 87.1 Å². The quantitative estimate of drug-likeness (QED) is 0.403. The number of fused-ring (bicyclic) bond motifs is 3. The van der Waals surface area contributed by atoms with Crippen LogP contribution >= 0.6 is 0 Å². The van der Waals surface area contributed by atoms with E-state index in [0.29, 0.717) is 16.6 Å². The fourth-order valence-corrected chi connectivity index (χ4v) is 4.18. The maximum absolute atomic E-state index is 13.4. The molecule has 6 aromatic rings. The molecule has 0 fully saturated rings. The summed E-state index contributed by atoms with van der Waals surface area (Å²) >= 11 is 0. The van der Waals surface area contributed by atoms with Crippen molar-refractivity contribution in [2.75, 3.05) is 0 Å². The van der Waals surface area contributed by atoms with Gasteiger partial charge in [0.05, 0.1) is 22.5 Å². The fourth-order valence-electron chi connectivity index (χ4n) is 4.18. The number of benzene rings is 3. The summed E-state index contributed by atoms with van der Waals surface area (Å²) in [5, 5.41) is 19.5. The molecule has 0 radical (unpaired) electrons. The molecule has 3 N–H and O–H groups in total. The van der Waals surface area contributed by atoms with Gasteiger partial charge in [0, 0.05) is 10.9 Å². The van der Waals surface area contributed by atoms with Crippen molar-refractivity contribution in [1.82, 2.24) is 35.2 Å². The van der Waals surface area contributed by atoms with Crippen LogP contribution in [-0.2, 0) is 0 Å². The molecule has 3 aromatic heterocycles. The van der Waals surface area contributed by atoms with Crippen molar-refractivity contribution >= 4 is 32.8 Å². The van der Waals surface area contributed by atoms with Gasteiger partial charge in [-0.3, -0.25) is 14.5 Å². The van der Waals surface area contributed by atoms with Gasteiger partial charge in [-0.2, -0.15) is 20.5 Å². The molecule has 0 aliphatic heterocycles. The lowest BCUT2D eigenvalue weighted by Gasteiger charge is -2.15. The summed E-state index contributed by atoms with van der Waals surface area (Å²) < 4.78 is 1.25. The Hall–Kier alpha value is -4.53. The molecule has 9 heteroatoms. The van der Waals surface area contributed by atoms with Crippen molar-refractivity contribution in [2.45, 2.75) is 13.0 Å². The van der Waals surface area contributed by atoms with E-state index in [9.17, 15) is 9.59 Å². The third-order valence-electron chi connectivity index (χ3n) is 5.87. The summed E-state index contributed by atoms with van der Waals surface area (Å²) in [5.74, 6) is 0. The maximum atomic E-state index is 13.4. The lowest BCUT2D eigenvalue weighted by atomic mass is 10.0. The minimum absolute atomic E-state index is 0.346. The first-order chi connectivity index (χ1) is 15.6. The lowest BCUT2D eigenvalue weighted by molar-refractivity contribution is 0.585. The van der Waals surface area contributed by atoms with Gasteiger partial charge in [-0.25, -0.2) is 4.79 Å². The summed E-state index contributed by atoms with van der Waals surface area (Å²) in [7, 11) is 0. The van der Waals surface area contributed by atoms with Gasteiger partial charge in [0.25, 0.3) is 5.56 Å². The van der Waals surface area contributed by atoms with E-state index in [-0.39, 0.29) is 5.56 Å². The molecule has 0 saturated heterocycles. The molecule has 3 aromatic carbocycles. The first-order valence-corrected chi connectivity index (χ1v) is 10.1. The zero-order valence-electron chi connectivity index (χ0n) is 17.0. The molecule has 0 spiro atoms. The van der Waals surface area contributed by atoms with Crippen LogP contribution in [0.25, 0.3) is 44.1 Å². The normalized spacial score (nSPS) is 12.7. The number of hydrogen-bond acceptors (Lipinski definition) is 5. The van der Waals surface area contributed by atoms with E-state index >= 15 is 0 Å². The monoisotopic (exact) mass is 423 g/mol. The third-order valence-corrected chi connectivity index (χ3v) is 5.87. The van der Waals surface area contributed by atoms with Crippen LogP contribution in [0.4, 0.5) is 0 Å². The van der Waals surface area contributed by atoms with E-state index in [2.05, 4.69) is 30.6 Å². The number of aromatic amines is 3. The lowest BCUT2D eigenvalue weighted by Crippen LogP contribution is -2.37. The van der Waals surface area contributed by atoms with Crippen molar-refractivity contribution in [3.8, 4) is 11.3 Å². The van der Waals surface area contributed by atoms with E-state index < -0.39 is 11.7 Å². The molecule has 0 saturated carbocycles. The van der Waals surface area contributed by atoms with Crippen LogP contribution in [0.3, 0.4) is 0 Å². The number of H-pyrrole nitrogens is 3. The first kappa shape index (κ1) is 18.3. The van der Waals surface area contributed by atoms with Crippen LogP contribution in [-0.4, -0.2) is 35.2 Å². The Morgan fingerprint density at radius 2 is 1.66 bits per heavy atom. The van der Waals surface area contributed by atoms with Gasteiger partial charge in [-0.05, 0) is 36.8 Å². The number of nitrogens with one attached hydrogen (secondary N) is 3. The second-order valence-electron chi connectivity index (χ2n) is 7.73. The maximum Gasteiger partial charge on any atom is 0.329 e. The summed E-state index contributed by atoms with van der Waals surface area (Å²) in [5.41, 5.74) is 4.29. The van der Waals surface area contributed by atoms with Crippen LogP contribution in [0.5, 0.6) is 0 Å². The van der Waals surface area contributed by atoms with Gasteiger partial charge in [-0.15, -0.1) is 0 Å². The van der Waals surface area contributed by atoms with Gasteiger partial charge >= 0.3 is 5.69 Å².